The van der Waals surface area contributed by atoms with Gasteiger partial charge in [0.15, 0.2) is 5.82 Å². The van der Waals surface area contributed by atoms with E-state index in [0.717, 1.165) is 42.0 Å². The van der Waals surface area contributed by atoms with Crippen molar-refractivity contribution in [2.45, 2.75) is 26.8 Å². The molecular weight excluding hydrogens is 346 g/mol. The molecule has 0 spiro atoms. The van der Waals surface area contributed by atoms with Crippen LogP contribution >= 0.6 is 0 Å². The molecule has 1 N–H and O–H groups in total. The number of aryl methyl sites for hydroxylation is 2. The molecule has 3 heterocycles. The second-order valence-electron chi connectivity index (χ2n) is 7.87. The topological polar surface area (TPSA) is 48.1 Å². The molecule has 1 fully saturated rings. The van der Waals surface area contributed by atoms with Crippen LogP contribution in [0.4, 0.5) is 11.5 Å². The van der Waals surface area contributed by atoms with Gasteiger partial charge in [-0.15, -0.1) is 0 Å². The van der Waals surface area contributed by atoms with Gasteiger partial charge >= 0.3 is 0 Å². The summed E-state index contributed by atoms with van der Waals surface area (Å²) < 4.78 is 0. The quantitative estimate of drug-likeness (QED) is 0.566. The molecule has 2 aromatic heterocycles. The summed E-state index contributed by atoms with van der Waals surface area (Å²) >= 11 is 0. The molecule has 28 heavy (non-hydrogen) atoms. The van der Waals surface area contributed by atoms with Crippen molar-refractivity contribution in [2.24, 2.45) is 0 Å². The van der Waals surface area contributed by atoms with Gasteiger partial charge in [0.05, 0.1) is 0 Å². The zero-order valence-electron chi connectivity index (χ0n) is 16.6. The fraction of sp³-hybridized carbons (Fsp3) is 0.304. The van der Waals surface area contributed by atoms with E-state index in [2.05, 4.69) is 88.0 Å². The average molecular weight is 371 g/mol. The van der Waals surface area contributed by atoms with Gasteiger partial charge in [0.25, 0.3) is 0 Å². The summed E-state index contributed by atoms with van der Waals surface area (Å²) in [6.07, 6.45) is 1.70. The van der Waals surface area contributed by atoms with Crippen LogP contribution in [0.3, 0.4) is 0 Å². The van der Waals surface area contributed by atoms with E-state index >= 15 is 0 Å². The van der Waals surface area contributed by atoms with Crippen molar-refractivity contribution in [3.05, 3.63) is 59.9 Å². The molecule has 1 aliphatic rings. The van der Waals surface area contributed by atoms with Crippen molar-refractivity contribution in [3.8, 4) is 0 Å². The van der Waals surface area contributed by atoms with Gasteiger partial charge in [-0.05, 0) is 50.1 Å². The predicted molar refractivity (Wildman–Crippen MR) is 116 cm³/mol. The Morgan fingerprint density at radius 3 is 2.71 bits per heavy atom. The summed E-state index contributed by atoms with van der Waals surface area (Å²) in [5.74, 6) is 1.01. The summed E-state index contributed by atoms with van der Waals surface area (Å²) in [7, 11) is 0. The van der Waals surface area contributed by atoms with Crippen LogP contribution in [-0.4, -0.2) is 40.6 Å². The van der Waals surface area contributed by atoms with Gasteiger partial charge in [0.2, 0.25) is 0 Å². The summed E-state index contributed by atoms with van der Waals surface area (Å²) in [4.78, 5) is 17.7. The maximum absolute atomic E-state index is 4.67. The number of anilines is 2. The Hall–Kier alpha value is -3.08. The van der Waals surface area contributed by atoms with Crippen LogP contribution in [0.15, 0.2) is 48.8 Å². The van der Waals surface area contributed by atoms with Gasteiger partial charge in [-0.2, -0.15) is 0 Å². The summed E-state index contributed by atoms with van der Waals surface area (Å²) in [6.45, 7) is 9.45. The van der Waals surface area contributed by atoms with Gasteiger partial charge in [0.1, 0.15) is 17.4 Å². The second-order valence-corrected chi connectivity index (χ2v) is 7.87. The number of rotatable bonds is 2. The standard InChI is InChI=1S/C23H25N5/c1-15-6-4-8-18(12-15)28-11-10-27(13-17(28)3)23-22-21(24-14-25-23)20-16(2)7-5-9-19(20)26-22/h4-9,12,14,17,26H,10-11,13H2,1-3H3/t17-/m0/s1. The van der Waals surface area contributed by atoms with Crippen LogP contribution in [0.5, 0.6) is 0 Å². The van der Waals surface area contributed by atoms with E-state index < -0.39 is 0 Å². The molecule has 1 saturated heterocycles. The molecule has 5 nitrogen and oxygen atoms in total. The third-order valence-corrected chi connectivity index (χ3v) is 5.86. The number of fused-ring (bicyclic) bond motifs is 3. The molecule has 1 atom stereocenters. The van der Waals surface area contributed by atoms with Gasteiger partial charge < -0.3 is 14.8 Å². The minimum Gasteiger partial charge on any atom is -0.365 e. The number of hydrogen-bond donors (Lipinski definition) is 1. The maximum atomic E-state index is 4.67. The summed E-state index contributed by atoms with van der Waals surface area (Å²) in [6, 6.07) is 15.5. The van der Waals surface area contributed by atoms with E-state index in [1.54, 1.807) is 6.33 Å². The molecule has 5 heteroatoms. The lowest BCUT2D eigenvalue weighted by atomic mass is 10.1. The lowest BCUT2D eigenvalue weighted by molar-refractivity contribution is 0.548. The van der Waals surface area contributed by atoms with Crippen LogP contribution in [-0.2, 0) is 0 Å². The van der Waals surface area contributed by atoms with Crippen LogP contribution in [0.25, 0.3) is 21.9 Å². The first-order valence-electron chi connectivity index (χ1n) is 9.92. The fourth-order valence-corrected chi connectivity index (χ4v) is 4.48. The van der Waals surface area contributed by atoms with Gasteiger partial charge in [0, 0.05) is 42.3 Å². The maximum Gasteiger partial charge on any atom is 0.156 e. The van der Waals surface area contributed by atoms with E-state index in [4.69, 9.17) is 0 Å². The molecule has 0 saturated carbocycles. The van der Waals surface area contributed by atoms with Crippen LogP contribution in [0.1, 0.15) is 18.1 Å². The first-order valence-corrected chi connectivity index (χ1v) is 9.92. The second kappa shape index (κ2) is 6.51. The van der Waals surface area contributed by atoms with Crippen LogP contribution < -0.4 is 9.80 Å². The minimum absolute atomic E-state index is 0.409. The third-order valence-electron chi connectivity index (χ3n) is 5.86. The Kier molecular flexibility index (Phi) is 3.97. The van der Waals surface area contributed by atoms with E-state index in [9.17, 15) is 0 Å². The highest BCUT2D eigenvalue weighted by atomic mass is 15.3. The Morgan fingerprint density at radius 2 is 1.89 bits per heavy atom. The Morgan fingerprint density at radius 1 is 1.04 bits per heavy atom. The van der Waals surface area contributed by atoms with Crippen molar-refractivity contribution in [2.75, 3.05) is 29.4 Å². The molecule has 0 unspecified atom stereocenters. The van der Waals surface area contributed by atoms with Gasteiger partial charge in [-0.25, -0.2) is 9.97 Å². The van der Waals surface area contributed by atoms with Gasteiger partial charge in [-0.3, -0.25) is 0 Å². The number of piperazine rings is 1. The van der Waals surface area contributed by atoms with Crippen LogP contribution in [0.2, 0.25) is 0 Å². The smallest absolute Gasteiger partial charge is 0.156 e. The number of nitrogens with zero attached hydrogens (tertiary/aromatic N) is 4. The number of aromatic amines is 1. The van der Waals surface area contributed by atoms with Crippen molar-refractivity contribution < 1.29 is 0 Å². The molecular formula is C23H25N5. The molecule has 5 rings (SSSR count). The zero-order valence-corrected chi connectivity index (χ0v) is 16.6. The normalized spacial score (nSPS) is 17.6. The van der Waals surface area contributed by atoms with Crippen LogP contribution in [0, 0.1) is 13.8 Å². The Labute approximate surface area is 165 Å². The van der Waals surface area contributed by atoms with E-state index in [-0.39, 0.29) is 0 Å². The fourth-order valence-electron chi connectivity index (χ4n) is 4.48. The zero-order chi connectivity index (χ0) is 19.3. The molecule has 0 amide bonds. The highest BCUT2D eigenvalue weighted by Crippen LogP contribution is 2.32. The SMILES string of the molecule is Cc1cccc(N2CCN(c3ncnc4c3[nH]c3cccc(C)c34)C[C@@H]2C)c1. The van der Waals surface area contributed by atoms with E-state index in [0.29, 0.717) is 6.04 Å². The van der Waals surface area contributed by atoms with Crippen molar-refractivity contribution >= 4 is 33.4 Å². The lowest BCUT2D eigenvalue weighted by Crippen LogP contribution is -2.52. The summed E-state index contributed by atoms with van der Waals surface area (Å²) in [5, 5.41) is 1.20. The number of H-pyrrole nitrogens is 1. The van der Waals surface area contributed by atoms with E-state index in [1.807, 2.05) is 0 Å². The van der Waals surface area contributed by atoms with Crippen molar-refractivity contribution in [3.63, 3.8) is 0 Å². The number of hydrogen-bond acceptors (Lipinski definition) is 4. The first-order chi connectivity index (χ1) is 13.6. The molecule has 0 bridgehead atoms. The molecule has 2 aromatic carbocycles. The number of nitrogens with one attached hydrogen (secondary N) is 1. The lowest BCUT2D eigenvalue weighted by Gasteiger charge is -2.42. The Balaban J connectivity index is 1.50. The minimum atomic E-state index is 0.409. The predicted octanol–water partition coefficient (Wildman–Crippen LogP) is 4.44. The summed E-state index contributed by atoms with van der Waals surface area (Å²) in [5.41, 5.74) is 7.04. The van der Waals surface area contributed by atoms with Crippen molar-refractivity contribution in [1.29, 1.82) is 0 Å². The molecule has 1 aliphatic heterocycles. The largest absolute Gasteiger partial charge is 0.365 e. The highest BCUT2D eigenvalue weighted by molar-refractivity contribution is 6.09. The highest BCUT2D eigenvalue weighted by Gasteiger charge is 2.26. The first kappa shape index (κ1) is 17.0. The average Bonchev–Trinajstić information content (AvgIpc) is 3.08. The monoisotopic (exact) mass is 371 g/mol. The van der Waals surface area contributed by atoms with Crippen molar-refractivity contribution in [1.82, 2.24) is 15.0 Å². The molecule has 142 valence electrons. The molecule has 4 aromatic rings. The third kappa shape index (κ3) is 2.70. The Bertz CT molecular complexity index is 1160. The van der Waals surface area contributed by atoms with E-state index in [1.165, 1.54) is 22.2 Å². The number of benzene rings is 2. The molecule has 0 radical (unpaired) electrons. The number of aromatic nitrogens is 3. The molecule has 0 aliphatic carbocycles. The van der Waals surface area contributed by atoms with Gasteiger partial charge in [-0.1, -0.05) is 24.3 Å².